The molecule has 0 spiro atoms. The number of imide groups is 1. The van der Waals surface area contributed by atoms with Crippen LogP contribution < -0.4 is 15.0 Å². The van der Waals surface area contributed by atoms with E-state index in [1.165, 1.54) is 4.90 Å². The van der Waals surface area contributed by atoms with Crippen LogP contribution in [-0.4, -0.2) is 24.5 Å². The van der Waals surface area contributed by atoms with Crippen LogP contribution in [0.5, 0.6) is 5.75 Å². The van der Waals surface area contributed by atoms with Gasteiger partial charge in [0.2, 0.25) is 5.91 Å². The SMILES string of the molecule is CCOc1ccccc1NC1CC(=O)N(c2ccc(Br)cc2)C1=O. The van der Waals surface area contributed by atoms with Gasteiger partial charge in [-0.2, -0.15) is 0 Å². The number of carbonyl (C=O) groups is 2. The Hall–Kier alpha value is -2.34. The summed E-state index contributed by atoms with van der Waals surface area (Å²) in [5.74, 6) is 0.199. The van der Waals surface area contributed by atoms with Gasteiger partial charge in [0.15, 0.2) is 0 Å². The average Bonchev–Trinajstić information content (AvgIpc) is 2.85. The number of anilines is 2. The summed E-state index contributed by atoms with van der Waals surface area (Å²) in [5, 5.41) is 3.14. The molecule has 1 heterocycles. The molecule has 1 fully saturated rings. The zero-order chi connectivity index (χ0) is 17.1. The van der Waals surface area contributed by atoms with Crippen LogP contribution in [0.3, 0.4) is 0 Å². The number of nitrogens with one attached hydrogen (secondary N) is 1. The van der Waals surface area contributed by atoms with Crippen molar-refractivity contribution in [2.45, 2.75) is 19.4 Å². The largest absolute Gasteiger partial charge is 0.492 e. The van der Waals surface area contributed by atoms with Crippen molar-refractivity contribution in [2.24, 2.45) is 0 Å². The first kappa shape index (κ1) is 16.5. The van der Waals surface area contributed by atoms with E-state index >= 15 is 0 Å². The van der Waals surface area contributed by atoms with E-state index in [1.807, 2.05) is 31.2 Å². The monoisotopic (exact) mass is 388 g/mol. The van der Waals surface area contributed by atoms with Gasteiger partial charge in [0.1, 0.15) is 11.8 Å². The topological polar surface area (TPSA) is 58.6 Å². The Kier molecular flexibility index (Phi) is 4.85. The number of halogens is 1. The molecule has 124 valence electrons. The van der Waals surface area contributed by atoms with Crippen molar-refractivity contribution < 1.29 is 14.3 Å². The quantitative estimate of drug-likeness (QED) is 0.795. The Morgan fingerprint density at radius 2 is 1.88 bits per heavy atom. The molecule has 0 aliphatic carbocycles. The number of ether oxygens (including phenoxy) is 1. The maximum Gasteiger partial charge on any atom is 0.256 e. The molecule has 0 bridgehead atoms. The number of carbonyl (C=O) groups excluding carboxylic acids is 2. The molecule has 1 unspecified atom stereocenters. The summed E-state index contributed by atoms with van der Waals surface area (Å²) >= 11 is 3.35. The standard InChI is InChI=1S/C18H17BrN2O3/c1-2-24-16-6-4-3-5-14(16)20-15-11-17(22)21(18(15)23)13-9-7-12(19)8-10-13/h3-10,15,20H,2,11H2,1H3. The minimum absolute atomic E-state index is 0.120. The third kappa shape index (κ3) is 3.28. The summed E-state index contributed by atoms with van der Waals surface area (Å²) in [5.41, 5.74) is 1.29. The molecule has 1 aliphatic heterocycles. The maximum absolute atomic E-state index is 12.7. The highest BCUT2D eigenvalue weighted by molar-refractivity contribution is 9.10. The van der Waals surface area contributed by atoms with Crippen molar-refractivity contribution >= 4 is 39.1 Å². The number of rotatable bonds is 5. The van der Waals surface area contributed by atoms with E-state index in [0.29, 0.717) is 23.7 Å². The third-order valence-electron chi connectivity index (χ3n) is 3.75. The number of benzene rings is 2. The fourth-order valence-corrected chi connectivity index (χ4v) is 2.93. The Labute approximate surface area is 148 Å². The van der Waals surface area contributed by atoms with Gasteiger partial charge in [-0.15, -0.1) is 0 Å². The predicted molar refractivity (Wildman–Crippen MR) is 96.3 cm³/mol. The van der Waals surface area contributed by atoms with E-state index in [9.17, 15) is 9.59 Å². The lowest BCUT2D eigenvalue weighted by Crippen LogP contribution is -2.34. The van der Waals surface area contributed by atoms with Crippen LogP contribution in [0.25, 0.3) is 0 Å². The molecule has 2 aromatic rings. The van der Waals surface area contributed by atoms with Gasteiger partial charge in [0, 0.05) is 4.47 Å². The summed E-state index contributed by atoms with van der Waals surface area (Å²) in [7, 11) is 0. The third-order valence-corrected chi connectivity index (χ3v) is 4.28. The van der Waals surface area contributed by atoms with Gasteiger partial charge in [-0.3, -0.25) is 9.59 Å². The smallest absolute Gasteiger partial charge is 0.256 e. The molecule has 1 atom stereocenters. The Morgan fingerprint density at radius 3 is 2.58 bits per heavy atom. The first-order valence-corrected chi connectivity index (χ1v) is 8.50. The molecular formula is C18H17BrN2O3. The first-order valence-electron chi connectivity index (χ1n) is 7.71. The van der Waals surface area contributed by atoms with E-state index in [2.05, 4.69) is 21.2 Å². The highest BCUT2D eigenvalue weighted by Crippen LogP contribution is 2.29. The summed E-state index contributed by atoms with van der Waals surface area (Å²) in [6.07, 6.45) is 0.120. The maximum atomic E-state index is 12.7. The number of hydrogen-bond acceptors (Lipinski definition) is 4. The van der Waals surface area contributed by atoms with Crippen molar-refractivity contribution in [3.05, 3.63) is 53.0 Å². The second-order valence-corrected chi connectivity index (χ2v) is 6.29. The van der Waals surface area contributed by atoms with Crippen molar-refractivity contribution in [1.82, 2.24) is 0 Å². The molecule has 2 aromatic carbocycles. The average molecular weight is 389 g/mol. The number of nitrogens with zero attached hydrogens (tertiary/aromatic N) is 1. The lowest BCUT2D eigenvalue weighted by Gasteiger charge is -2.17. The second kappa shape index (κ2) is 7.05. The van der Waals surface area contributed by atoms with Crippen molar-refractivity contribution in [3.8, 4) is 5.75 Å². The Bertz CT molecular complexity index is 761. The Morgan fingerprint density at radius 1 is 1.17 bits per heavy atom. The highest BCUT2D eigenvalue weighted by Gasteiger charge is 2.39. The molecule has 3 rings (SSSR count). The first-order chi connectivity index (χ1) is 11.6. The molecule has 0 radical (unpaired) electrons. The minimum atomic E-state index is -0.595. The molecule has 1 aliphatic rings. The summed E-state index contributed by atoms with van der Waals surface area (Å²) in [6, 6.07) is 13.9. The molecule has 24 heavy (non-hydrogen) atoms. The molecule has 1 saturated heterocycles. The Balaban J connectivity index is 1.81. The van der Waals surface area contributed by atoms with E-state index in [0.717, 1.165) is 4.47 Å². The van der Waals surface area contributed by atoms with Gasteiger partial charge in [-0.05, 0) is 43.3 Å². The number of para-hydroxylation sites is 2. The zero-order valence-electron chi connectivity index (χ0n) is 13.2. The molecule has 1 N–H and O–H groups in total. The minimum Gasteiger partial charge on any atom is -0.492 e. The van der Waals surface area contributed by atoms with Crippen LogP contribution in [0.15, 0.2) is 53.0 Å². The number of amides is 2. The number of hydrogen-bond donors (Lipinski definition) is 1. The molecular weight excluding hydrogens is 372 g/mol. The summed E-state index contributed by atoms with van der Waals surface area (Å²) in [4.78, 5) is 26.2. The van der Waals surface area contributed by atoms with Crippen LogP contribution in [-0.2, 0) is 9.59 Å². The molecule has 0 aromatic heterocycles. The summed E-state index contributed by atoms with van der Waals surface area (Å²) in [6.45, 7) is 2.43. The molecule has 2 amide bonds. The van der Waals surface area contributed by atoms with Gasteiger partial charge in [-0.1, -0.05) is 28.1 Å². The lowest BCUT2D eigenvalue weighted by molar-refractivity contribution is -0.121. The van der Waals surface area contributed by atoms with Crippen LogP contribution in [0.1, 0.15) is 13.3 Å². The van der Waals surface area contributed by atoms with Crippen LogP contribution in [0, 0.1) is 0 Å². The second-order valence-electron chi connectivity index (χ2n) is 5.37. The van der Waals surface area contributed by atoms with Crippen molar-refractivity contribution in [2.75, 3.05) is 16.8 Å². The van der Waals surface area contributed by atoms with E-state index in [-0.39, 0.29) is 18.2 Å². The van der Waals surface area contributed by atoms with Crippen LogP contribution in [0.2, 0.25) is 0 Å². The van der Waals surface area contributed by atoms with E-state index < -0.39 is 6.04 Å². The molecule has 0 saturated carbocycles. The van der Waals surface area contributed by atoms with Crippen LogP contribution >= 0.6 is 15.9 Å². The van der Waals surface area contributed by atoms with Gasteiger partial charge in [-0.25, -0.2) is 4.90 Å². The highest BCUT2D eigenvalue weighted by atomic mass is 79.9. The predicted octanol–water partition coefficient (Wildman–Crippen LogP) is 3.59. The van der Waals surface area contributed by atoms with Gasteiger partial charge in [0.25, 0.3) is 5.91 Å². The van der Waals surface area contributed by atoms with Crippen molar-refractivity contribution in [1.29, 1.82) is 0 Å². The van der Waals surface area contributed by atoms with Gasteiger partial charge >= 0.3 is 0 Å². The normalized spacial score (nSPS) is 17.2. The fraction of sp³-hybridized carbons (Fsp3) is 0.222. The van der Waals surface area contributed by atoms with Crippen molar-refractivity contribution in [3.63, 3.8) is 0 Å². The summed E-state index contributed by atoms with van der Waals surface area (Å²) < 4.78 is 6.45. The van der Waals surface area contributed by atoms with Gasteiger partial charge in [0.05, 0.1) is 24.4 Å². The zero-order valence-corrected chi connectivity index (χ0v) is 14.7. The van der Waals surface area contributed by atoms with Crippen LogP contribution in [0.4, 0.5) is 11.4 Å². The van der Waals surface area contributed by atoms with E-state index in [4.69, 9.17) is 4.74 Å². The fourth-order valence-electron chi connectivity index (χ4n) is 2.66. The van der Waals surface area contributed by atoms with Gasteiger partial charge < -0.3 is 10.1 Å². The lowest BCUT2D eigenvalue weighted by atomic mass is 10.2. The molecule has 5 nitrogen and oxygen atoms in total. The molecule has 6 heteroatoms. The van der Waals surface area contributed by atoms with E-state index in [1.54, 1.807) is 24.3 Å².